The third-order valence-electron chi connectivity index (χ3n) is 2.79. The van der Waals surface area contributed by atoms with Crippen LogP contribution in [0.25, 0.3) is 0 Å². The molecule has 1 unspecified atom stereocenters. The van der Waals surface area contributed by atoms with Gasteiger partial charge in [0.05, 0.1) is 0 Å². The summed E-state index contributed by atoms with van der Waals surface area (Å²) in [5, 5.41) is 3.42. The molecular weight excluding hydrogens is 196 g/mol. The third-order valence-corrected chi connectivity index (χ3v) is 3.17. The van der Waals surface area contributed by atoms with E-state index in [2.05, 4.69) is 17.1 Å². The maximum Gasteiger partial charge on any atom is 0.0192 e. The van der Waals surface area contributed by atoms with E-state index in [0.29, 0.717) is 6.04 Å². The second kappa shape index (κ2) is 6.44. The lowest BCUT2D eigenvalue weighted by molar-refractivity contribution is 0.253. The van der Waals surface area contributed by atoms with Gasteiger partial charge < -0.3 is 5.32 Å². The van der Waals surface area contributed by atoms with Gasteiger partial charge in [-0.15, -0.1) is 0 Å². The highest BCUT2D eigenvalue weighted by molar-refractivity contribution is 6.25. The van der Waals surface area contributed by atoms with E-state index in [1.807, 2.05) is 6.92 Å². The van der Waals surface area contributed by atoms with Crippen LogP contribution >= 0.6 is 11.6 Å². The van der Waals surface area contributed by atoms with E-state index in [-0.39, 0.29) is 0 Å². The summed E-state index contributed by atoms with van der Waals surface area (Å²) in [6, 6.07) is 0.653. The fourth-order valence-corrected chi connectivity index (χ4v) is 1.91. The maximum atomic E-state index is 5.58. The second-order valence-corrected chi connectivity index (χ2v) is 4.40. The Hall–Kier alpha value is -0.0500. The highest BCUT2D eigenvalue weighted by Crippen LogP contribution is 2.10. The van der Waals surface area contributed by atoms with Gasteiger partial charge in [-0.25, -0.2) is 0 Å². The molecule has 1 N–H and O–H groups in total. The quantitative estimate of drug-likeness (QED) is 0.758. The molecule has 1 aliphatic heterocycles. The Bertz CT molecular complexity index is 186. The van der Waals surface area contributed by atoms with Crippen molar-refractivity contribution >= 4 is 11.6 Å². The van der Waals surface area contributed by atoms with Crippen molar-refractivity contribution in [2.45, 2.75) is 32.7 Å². The molecule has 1 aliphatic rings. The molecule has 0 amide bonds. The molecule has 1 heterocycles. The minimum atomic E-state index is 0.653. The average molecular weight is 217 g/mol. The lowest BCUT2D eigenvalue weighted by Crippen LogP contribution is -2.38. The Kier molecular flexibility index (Phi) is 5.53. The van der Waals surface area contributed by atoms with E-state index in [4.69, 9.17) is 11.6 Å². The van der Waals surface area contributed by atoms with Crippen molar-refractivity contribution < 1.29 is 0 Å². The van der Waals surface area contributed by atoms with Crippen molar-refractivity contribution in [2.24, 2.45) is 0 Å². The minimum absolute atomic E-state index is 0.653. The van der Waals surface area contributed by atoms with Gasteiger partial charge in [0, 0.05) is 24.7 Å². The van der Waals surface area contributed by atoms with E-state index in [9.17, 15) is 0 Å². The Labute approximate surface area is 92.3 Å². The highest BCUT2D eigenvalue weighted by Gasteiger charge is 2.16. The van der Waals surface area contributed by atoms with Crippen molar-refractivity contribution in [1.82, 2.24) is 10.2 Å². The molecule has 0 bridgehead atoms. The molecule has 1 saturated heterocycles. The Balaban J connectivity index is 2.11. The molecule has 0 aromatic heterocycles. The first-order chi connectivity index (χ1) is 6.74. The van der Waals surface area contributed by atoms with Crippen LogP contribution in [0.4, 0.5) is 0 Å². The number of rotatable bonds is 5. The first-order valence-corrected chi connectivity index (χ1v) is 5.88. The minimum Gasteiger partial charge on any atom is -0.311 e. The lowest BCUT2D eigenvalue weighted by atomic mass is 10.3. The molecule has 0 aliphatic carbocycles. The molecule has 2 nitrogen and oxygen atoms in total. The summed E-state index contributed by atoms with van der Waals surface area (Å²) in [7, 11) is 0. The summed E-state index contributed by atoms with van der Waals surface area (Å²) in [5.74, 6) is 0. The van der Waals surface area contributed by atoms with Gasteiger partial charge in [0.2, 0.25) is 0 Å². The van der Waals surface area contributed by atoms with Crippen molar-refractivity contribution in [3.8, 4) is 0 Å². The smallest absolute Gasteiger partial charge is 0.0192 e. The number of nitrogens with zero attached hydrogens (tertiary/aromatic N) is 1. The number of likely N-dealkylation sites (tertiary alicyclic amines) is 1. The van der Waals surface area contributed by atoms with Crippen molar-refractivity contribution in [1.29, 1.82) is 0 Å². The van der Waals surface area contributed by atoms with Crippen LogP contribution in [0.2, 0.25) is 0 Å². The van der Waals surface area contributed by atoms with Gasteiger partial charge in [-0.05, 0) is 45.4 Å². The Morgan fingerprint density at radius 2 is 2.14 bits per heavy atom. The standard InChI is InChI=1S/C11H21ClN2/c1-10(7-12)8-13-9-11(2)14-5-3-4-6-14/h7,11,13H,3-6,8-9H2,1-2H3. The molecule has 14 heavy (non-hydrogen) atoms. The summed E-state index contributed by atoms with van der Waals surface area (Å²) < 4.78 is 0. The summed E-state index contributed by atoms with van der Waals surface area (Å²) >= 11 is 5.58. The van der Waals surface area contributed by atoms with Crippen molar-refractivity contribution in [3.63, 3.8) is 0 Å². The molecule has 1 rings (SSSR count). The Morgan fingerprint density at radius 1 is 1.50 bits per heavy atom. The lowest BCUT2D eigenvalue weighted by Gasteiger charge is -2.23. The molecule has 82 valence electrons. The van der Waals surface area contributed by atoms with Crippen molar-refractivity contribution in [3.05, 3.63) is 11.1 Å². The van der Waals surface area contributed by atoms with E-state index in [1.54, 1.807) is 5.54 Å². The van der Waals surface area contributed by atoms with Gasteiger partial charge in [0.1, 0.15) is 0 Å². The zero-order chi connectivity index (χ0) is 10.4. The summed E-state index contributed by atoms with van der Waals surface area (Å²) in [5.41, 5.74) is 2.84. The number of hydrogen-bond acceptors (Lipinski definition) is 2. The summed E-state index contributed by atoms with van der Waals surface area (Å²) in [4.78, 5) is 2.55. The van der Waals surface area contributed by atoms with E-state index >= 15 is 0 Å². The van der Waals surface area contributed by atoms with Crippen LogP contribution in [0.3, 0.4) is 0 Å². The number of halogens is 1. The van der Waals surface area contributed by atoms with E-state index < -0.39 is 0 Å². The normalized spacial score (nSPS) is 21.5. The summed E-state index contributed by atoms with van der Waals surface area (Å²) in [6.07, 6.45) is 2.73. The Morgan fingerprint density at radius 3 is 2.71 bits per heavy atom. The molecule has 0 aromatic carbocycles. The molecule has 0 aromatic rings. The van der Waals surface area contributed by atoms with Gasteiger partial charge in [0.25, 0.3) is 0 Å². The maximum absolute atomic E-state index is 5.58. The highest BCUT2D eigenvalue weighted by atomic mass is 35.5. The predicted octanol–water partition coefficient (Wildman–Crippen LogP) is 2.20. The van der Waals surface area contributed by atoms with Gasteiger partial charge in [0.15, 0.2) is 0 Å². The SMILES string of the molecule is CC(=CCl)CNCC(C)N1CCCC1. The predicted molar refractivity (Wildman–Crippen MR) is 62.7 cm³/mol. The second-order valence-electron chi connectivity index (χ2n) is 4.18. The fraction of sp³-hybridized carbons (Fsp3) is 0.818. The number of hydrogen-bond donors (Lipinski definition) is 1. The van der Waals surface area contributed by atoms with Crippen LogP contribution in [0.1, 0.15) is 26.7 Å². The number of nitrogens with one attached hydrogen (secondary N) is 1. The monoisotopic (exact) mass is 216 g/mol. The third kappa shape index (κ3) is 3.99. The van der Waals surface area contributed by atoms with Gasteiger partial charge >= 0.3 is 0 Å². The first-order valence-electron chi connectivity index (χ1n) is 5.44. The van der Waals surface area contributed by atoms with Crippen LogP contribution in [0, 0.1) is 0 Å². The van der Waals surface area contributed by atoms with Crippen LogP contribution in [-0.2, 0) is 0 Å². The molecule has 3 heteroatoms. The van der Waals surface area contributed by atoms with Crippen LogP contribution in [0.5, 0.6) is 0 Å². The molecule has 1 atom stereocenters. The molecule has 1 fully saturated rings. The zero-order valence-corrected chi connectivity index (χ0v) is 9.98. The van der Waals surface area contributed by atoms with Crippen molar-refractivity contribution in [2.75, 3.05) is 26.2 Å². The van der Waals surface area contributed by atoms with Crippen LogP contribution in [0.15, 0.2) is 11.1 Å². The van der Waals surface area contributed by atoms with E-state index in [0.717, 1.165) is 13.1 Å². The van der Waals surface area contributed by atoms with Gasteiger partial charge in [-0.2, -0.15) is 0 Å². The van der Waals surface area contributed by atoms with Gasteiger partial charge in [-0.1, -0.05) is 11.6 Å². The molecule has 0 radical (unpaired) electrons. The zero-order valence-electron chi connectivity index (χ0n) is 9.22. The largest absolute Gasteiger partial charge is 0.311 e. The molecular formula is C11H21ClN2. The molecule has 0 saturated carbocycles. The first kappa shape index (κ1) is 12.0. The summed E-state index contributed by atoms with van der Waals surface area (Å²) in [6.45, 7) is 8.84. The average Bonchev–Trinajstić information content (AvgIpc) is 2.70. The van der Waals surface area contributed by atoms with Crippen LogP contribution in [-0.4, -0.2) is 37.1 Å². The van der Waals surface area contributed by atoms with Crippen LogP contribution < -0.4 is 5.32 Å². The molecule has 0 spiro atoms. The van der Waals surface area contributed by atoms with E-state index in [1.165, 1.54) is 31.5 Å². The fourth-order valence-electron chi connectivity index (χ4n) is 1.83. The van der Waals surface area contributed by atoms with Gasteiger partial charge in [-0.3, -0.25) is 4.90 Å². The topological polar surface area (TPSA) is 15.3 Å².